The van der Waals surface area contributed by atoms with Gasteiger partial charge in [-0.15, -0.1) is 0 Å². The maximum Gasteiger partial charge on any atom is 0.293 e. The van der Waals surface area contributed by atoms with Crippen molar-refractivity contribution in [3.8, 4) is 0 Å². The standard InChI is InChI=1S/C8H11N3.2ClH/c1-6-10-5-7-4-9-3-2-8(7)11-6;;/h5,9H,2-4H2,1H3;2*1H. The SMILES string of the molecule is Cc1nc2c(c[nH+]1)C[NH2+]CC2.[Cl-].[Cl-]. The van der Waals surface area contributed by atoms with Gasteiger partial charge in [0.25, 0.3) is 5.82 Å². The van der Waals surface area contributed by atoms with Crippen LogP contribution in [0.4, 0.5) is 0 Å². The third-order valence-electron chi connectivity index (χ3n) is 2.08. The molecule has 0 bridgehead atoms. The van der Waals surface area contributed by atoms with Gasteiger partial charge in [-0.2, -0.15) is 0 Å². The number of aryl methyl sites for hydroxylation is 1. The van der Waals surface area contributed by atoms with E-state index >= 15 is 0 Å². The summed E-state index contributed by atoms with van der Waals surface area (Å²) in [6.07, 6.45) is 3.19. The van der Waals surface area contributed by atoms with Gasteiger partial charge in [0.1, 0.15) is 12.7 Å². The molecule has 0 radical (unpaired) electrons. The number of aromatic nitrogens is 2. The highest BCUT2D eigenvalue weighted by Gasteiger charge is 2.18. The molecule has 0 saturated carbocycles. The Labute approximate surface area is 90.2 Å². The minimum absolute atomic E-state index is 0. The molecule has 0 aliphatic carbocycles. The van der Waals surface area contributed by atoms with Crippen molar-refractivity contribution in [1.29, 1.82) is 0 Å². The van der Waals surface area contributed by atoms with Crippen molar-refractivity contribution < 1.29 is 35.1 Å². The monoisotopic (exact) mass is 221 g/mol. The summed E-state index contributed by atoms with van der Waals surface area (Å²) in [4.78, 5) is 7.57. The van der Waals surface area contributed by atoms with Crippen LogP contribution in [0.15, 0.2) is 6.20 Å². The van der Waals surface area contributed by atoms with Crippen molar-refractivity contribution in [2.75, 3.05) is 6.54 Å². The maximum atomic E-state index is 4.44. The van der Waals surface area contributed by atoms with Gasteiger partial charge in [-0.25, -0.2) is 4.98 Å². The van der Waals surface area contributed by atoms with Crippen molar-refractivity contribution in [1.82, 2.24) is 4.98 Å². The Balaban J connectivity index is 0.000000720. The van der Waals surface area contributed by atoms with Gasteiger partial charge in [0.05, 0.1) is 18.5 Å². The molecule has 3 N–H and O–H groups in total. The minimum atomic E-state index is 0. The number of nitrogens with zero attached hydrogens (tertiary/aromatic N) is 1. The second-order valence-corrected chi connectivity index (χ2v) is 2.99. The van der Waals surface area contributed by atoms with Crippen LogP contribution in [0.5, 0.6) is 0 Å². The quantitative estimate of drug-likeness (QED) is 0.465. The largest absolute Gasteiger partial charge is 1.00 e. The van der Waals surface area contributed by atoms with Crippen molar-refractivity contribution in [2.45, 2.75) is 19.9 Å². The van der Waals surface area contributed by atoms with E-state index in [1.54, 1.807) is 0 Å². The molecule has 3 nitrogen and oxygen atoms in total. The van der Waals surface area contributed by atoms with E-state index in [0.717, 1.165) is 18.8 Å². The number of nitrogens with one attached hydrogen (secondary N) is 1. The highest BCUT2D eigenvalue weighted by atomic mass is 35.5. The van der Waals surface area contributed by atoms with E-state index in [1.807, 2.05) is 6.92 Å². The molecule has 13 heavy (non-hydrogen) atoms. The molecular weight excluding hydrogens is 209 g/mol. The summed E-state index contributed by atoms with van der Waals surface area (Å²) >= 11 is 0. The zero-order valence-electron chi connectivity index (χ0n) is 7.48. The van der Waals surface area contributed by atoms with Crippen molar-refractivity contribution in [2.24, 2.45) is 0 Å². The van der Waals surface area contributed by atoms with Crippen LogP contribution in [0.3, 0.4) is 0 Å². The van der Waals surface area contributed by atoms with Crippen molar-refractivity contribution >= 4 is 0 Å². The fourth-order valence-corrected chi connectivity index (χ4v) is 1.47. The molecule has 0 atom stereocenters. The summed E-state index contributed by atoms with van der Waals surface area (Å²) in [7, 11) is 0. The van der Waals surface area contributed by atoms with Gasteiger partial charge < -0.3 is 30.1 Å². The van der Waals surface area contributed by atoms with Gasteiger partial charge in [0, 0.05) is 6.92 Å². The Morgan fingerprint density at radius 3 is 3.00 bits per heavy atom. The predicted octanol–water partition coefficient (Wildman–Crippen LogP) is -7.17. The van der Waals surface area contributed by atoms with Crippen LogP contribution in [-0.4, -0.2) is 11.5 Å². The molecule has 0 saturated heterocycles. The number of nitrogens with two attached hydrogens (primary N) is 1. The lowest BCUT2D eigenvalue weighted by Crippen LogP contribution is -3.00. The lowest BCUT2D eigenvalue weighted by molar-refractivity contribution is -0.674. The lowest BCUT2D eigenvalue weighted by atomic mass is 10.1. The molecule has 2 rings (SSSR count). The summed E-state index contributed by atoms with van der Waals surface area (Å²) in [5.74, 6) is 1.02. The molecule has 0 amide bonds. The Morgan fingerprint density at radius 1 is 1.46 bits per heavy atom. The molecule has 1 aliphatic rings. The number of fused-ring (bicyclic) bond motifs is 1. The molecule has 5 heteroatoms. The zero-order chi connectivity index (χ0) is 7.68. The number of hydrogen-bond donors (Lipinski definition) is 1. The van der Waals surface area contributed by atoms with Crippen molar-refractivity contribution in [3.63, 3.8) is 0 Å². The Bertz CT molecular complexity index is 278. The molecule has 2 heterocycles. The summed E-state index contributed by atoms with van der Waals surface area (Å²) < 4.78 is 0. The molecule has 1 aromatic heterocycles. The first-order valence-corrected chi connectivity index (χ1v) is 4.05. The van der Waals surface area contributed by atoms with Crippen LogP contribution in [0.1, 0.15) is 17.1 Å². The van der Waals surface area contributed by atoms with Crippen LogP contribution in [0, 0.1) is 6.92 Å². The first-order valence-electron chi connectivity index (χ1n) is 4.05. The molecule has 0 unspecified atom stereocenters. The minimum Gasteiger partial charge on any atom is -1.00 e. The van der Waals surface area contributed by atoms with Crippen LogP contribution in [-0.2, 0) is 13.0 Å². The van der Waals surface area contributed by atoms with Crippen LogP contribution in [0.25, 0.3) is 0 Å². The van der Waals surface area contributed by atoms with E-state index < -0.39 is 0 Å². The van der Waals surface area contributed by atoms with E-state index in [1.165, 1.54) is 17.8 Å². The molecule has 1 aliphatic heterocycles. The molecule has 0 fully saturated rings. The number of hydrogen-bond acceptors (Lipinski definition) is 1. The number of H-pyrrole nitrogens is 1. The molecule has 74 valence electrons. The van der Waals surface area contributed by atoms with Crippen LogP contribution < -0.4 is 35.1 Å². The summed E-state index contributed by atoms with van der Waals surface area (Å²) in [6, 6.07) is 0. The zero-order valence-corrected chi connectivity index (χ0v) is 8.99. The van der Waals surface area contributed by atoms with Crippen LogP contribution in [0.2, 0.25) is 0 Å². The molecule has 1 aromatic rings. The van der Waals surface area contributed by atoms with E-state index in [2.05, 4.69) is 21.5 Å². The van der Waals surface area contributed by atoms with E-state index in [-0.39, 0.29) is 24.8 Å². The Kier molecular flexibility index (Phi) is 5.21. The smallest absolute Gasteiger partial charge is 0.293 e. The first kappa shape index (κ1) is 12.6. The third kappa shape index (κ3) is 2.79. The van der Waals surface area contributed by atoms with Gasteiger partial charge in [-0.3, -0.25) is 0 Å². The Hall–Kier alpha value is -0.380. The first-order chi connectivity index (χ1) is 5.36. The highest BCUT2D eigenvalue weighted by molar-refractivity contribution is 5.14. The third-order valence-corrected chi connectivity index (χ3v) is 2.08. The van der Waals surface area contributed by atoms with Gasteiger partial charge >= 0.3 is 0 Å². The molecule has 0 spiro atoms. The maximum absolute atomic E-state index is 4.44. The topological polar surface area (TPSA) is 43.6 Å². The van der Waals surface area contributed by atoms with Gasteiger partial charge in [-0.05, 0) is 0 Å². The van der Waals surface area contributed by atoms with E-state index in [0.29, 0.717) is 0 Å². The second-order valence-electron chi connectivity index (χ2n) is 2.99. The Morgan fingerprint density at radius 2 is 2.23 bits per heavy atom. The number of halogens is 2. The van der Waals surface area contributed by atoms with Crippen molar-refractivity contribution in [3.05, 3.63) is 23.3 Å². The lowest BCUT2D eigenvalue weighted by Gasteiger charge is -2.07. The fourth-order valence-electron chi connectivity index (χ4n) is 1.47. The number of quaternary nitrogens is 1. The number of aromatic amines is 1. The summed E-state index contributed by atoms with van der Waals surface area (Å²) in [5.41, 5.74) is 2.64. The summed E-state index contributed by atoms with van der Waals surface area (Å²) in [6.45, 7) is 4.27. The van der Waals surface area contributed by atoms with Gasteiger partial charge in [0.2, 0.25) is 0 Å². The number of rotatable bonds is 0. The predicted molar refractivity (Wildman–Crippen MR) is 39.7 cm³/mol. The average molecular weight is 222 g/mol. The molecular formula is C8H13Cl2N3. The van der Waals surface area contributed by atoms with Gasteiger partial charge in [0.15, 0.2) is 5.69 Å². The van der Waals surface area contributed by atoms with E-state index in [9.17, 15) is 0 Å². The highest BCUT2D eigenvalue weighted by Crippen LogP contribution is 2.03. The summed E-state index contributed by atoms with van der Waals surface area (Å²) in [5, 5.41) is 2.31. The average Bonchev–Trinajstić information content (AvgIpc) is 2.04. The van der Waals surface area contributed by atoms with Gasteiger partial charge in [-0.1, -0.05) is 4.98 Å². The second kappa shape index (κ2) is 5.37. The molecule has 0 aromatic carbocycles. The fraction of sp³-hybridized carbons (Fsp3) is 0.500. The normalized spacial score (nSPS) is 13.6. The van der Waals surface area contributed by atoms with Crippen LogP contribution >= 0.6 is 0 Å². The van der Waals surface area contributed by atoms with E-state index in [4.69, 9.17) is 0 Å².